The molecule has 0 unspecified atom stereocenters. The average molecular weight is 210 g/mol. The van der Waals surface area contributed by atoms with Crippen LogP contribution < -0.4 is 4.90 Å². The van der Waals surface area contributed by atoms with Gasteiger partial charge in [0.25, 0.3) is 0 Å². The molecule has 0 spiro atoms. The van der Waals surface area contributed by atoms with E-state index in [0.29, 0.717) is 18.0 Å². The number of halogens is 1. The zero-order chi connectivity index (χ0) is 10.4. The van der Waals surface area contributed by atoms with Gasteiger partial charge in [-0.25, -0.2) is 4.98 Å². The zero-order valence-electron chi connectivity index (χ0n) is 8.07. The van der Waals surface area contributed by atoms with Crippen LogP contribution in [0, 0.1) is 11.3 Å². The van der Waals surface area contributed by atoms with E-state index in [0.717, 1.165) is 12.4 Å². The number of pyridine rings is 1. The molecule has 0 atom stereocenters. The monoisotopic (exact) mass is 209 g/mol. The molecular formula is C10H12ClN3. The van der Waals surface area contributed by atoms with E-state index in [1.165, 1.54) is 0 Å². The molecule has 3 nitrogen and oxygen atoms in total. The van der Waals surface area contributed by atoms with Crippen LogP contribution in [0.2, 0.25) is 5.02 Å². The molecular weight excluding hydrogens is 198 g/mol. The molecule has 0 saturated heterocycles. The highest BCUT2D eigenvalue weighted by Crippen LogP contribution is 2.21. The van der Waals surface area contributed by atoms with E-state index in [4.69, 9.17) is 16.9 Å². The summed E-state index contributed by atoms with van der Waals surface area (Å²) in [6, 6.07) is 5.71. The second-order valence-electron chi connectivity index (χ2n) is 2.80. The first-order valence-corrected chi connectivity index (χ1v) is 4.89. The summed E-state index contributed by atoms with van der Waals surface area (Å²) in [5, 5.41) is 9.13. The fourth-order valence-electron chi connectivity index (χ4n) is 1.21. The minimum atomic E-state index is 0.487. The number of anilines is 1. The highest BCUT2D eigenvalue weighted by atomic mass is 35.5. The van der Waals surface area contributed by atoms with Crippen molar-refractivity contribution in [3.8, 4) is 6.07 Å². The van der Waals surface area contributed by atoms with Crippen molar-refractivity contribution in [2.75, 3.05) is 18.0 Å². The fraction of sp³-hybridized carbons (Fsp3) is 0.400. The Labute approximate surface area is 88.9 Å². The molecule has 0 bridgehead atoms. The van der Waals surface area contributed by atoms with Gasteiger partial charge in [-0.05, 0) is 19.1 Å². The Balaban J connectivity index is 2.79. The molecule has 1 heterocycles. The Morgan fingerprint density at radius 3 is 3.00 bits per heavy atom. The van der Waals surface area contributed by atoms with Crippen LogP contribution in [-0.2, 0) is 0 Å². The maximum absolute atomic E-state index is 8.50. The zero-order valence-corrected chi connectivity index (χ0v) is 8.83. The first kappa shape index (κ1) is 10.8. The number of aromatic nitrogens is 1. The highest BCUT2D eigenvalue weighted by molar-refractivity contribution is 6.32. The van der Waals surface area contributed by atoms with Crippen LogP contribution in [0.5, 0.6) is 0 Å². The number of rotatable bonds is 4. The molecule has 14 heavy (non-hydrogen) atoms. The third-order valence-electron chi connectivity index (χ3n) is 1.91. The summed E-state index contributed by atoms with van der Waals surface area (Å²) >= 11 is 5.99. The van der Waals surface area contributed by atoms with Gasteiger partial charge in [-0.15, -0.1) is 0 Å². The van der Waals surface area contributed by atoms with Gasteiger partial charge in [-0.1, -0.05) is 11.6 Å². The van der Waals surface area contributed by atoms with Crippen molar-refractivity contribution in [2.24, 2.45) is 0 Å². The van der Waals surface area contributed by atoms with Gasteiger partial charge in [0, 0.05) is 19.3 Å². The van der Waals surface area contributed by atoms with Crippen molar-refractivity contribution in [3.05, 3.63) is 23.4 Å². The summed E-state index contributed by atoms with van der Waals surface area (Å²) in [6.07, 6.45) is 2.19. The molecule has 0 fully saturated rings. The predicted octanol–water partition coefficient (Wildman–Crippen LogP) is 2.47. The van der Waals surface area contributed by atoms with Gasteiger partial charge in [0.1, 0.15) is 5.82 Å². The molecule has 0 radical (unpaired) electrons. The molecule has 0 aromatic carbocycles. The molecule has 4 heteroatoms. The van der Waals surface area contributed by atoms with Crippen molar-refractivity contribution >= 4 is 17.4 Å². The Morgan fingerprint density at radius 1 is 1.64 bits per heavy atom. The number of nitrogens with zero attached hydrogens (tertiary/aromatic N) is 3. The maximum atomic E-state index is 8.50. The lowest BCUT2D eigenvalue weighted by atomic mass is 10.3. The number of hydrogen-bond donors (Lipinski definition) is 0. The quantitative estimate of drug-likeness (QED) is 0.765. The highest BCUT2D eigenvalue weighted by Gasteiger charge is 2.08. The van der Waals surface area contributed by atoms with Crippen LogP contribution in [0.15, 0.2) is 18.3 Å². The molecule has 0 saturated carbocycles. The standard InChI is InChI=1S/C10H12ClN3/c1-2-14(8-4-6-12)10-9(11)5-3-7-13-10/h3,5,7H,2,4,8H2,1H3. The normalized spacial score (nSPS) is 9.50. The summed E-state index contributed by atoms with van der Waals surface area (Å²) in [4.78, 5) is 6.18. The van der Waals surface area contributed by atoms with Gasteiger partial charge < -0.3 is 4.90 Å². The minimum Gasteiger partial charge on any atom is -0.355 e. The second kappa shape index (κ2) is 5.46. The van der Waals surface area contributed by atoms with E-state index in [9.17, 15) is 0 Å². The lowest BCUT2D eigenvalue weighted by Crippen LogP contribution is -2.24. The second-order valence-corrected chi connectivity index (χ2v) is 3.20. The van der Waals surface area contributed by atoms with E-state index < -0.39 is 0 Å². The van der Waals surface area contributed by atoms with Crippen LogP contribution in [0.25, 0.3) is 0 Å². The van der Waals surface area contributed by atoms with Crippen molar-refractivity contribution in [1.29, 1.82) is 5.26 Å². The largest absolute Gasteiger partial charge is 0.355 e. The molecule has 1 rings (SSSR count). The Morgan fingerprint density at radius 2 is 2.43 bits per heavy atom. The van der Waals surface area contributed by atoms with E-state index in [1.807, 2.05) is 11.8 Å². The molecule has 0 N–H and O–H groups in total. The van der Waals surface area contributed by atoms with Crippen molar-refractivity contribution < 1.29 is 0 Å². The van der Waals surface area contributed by atoms with Crippen molar-refractivity contribution in [2.45, 2.75) is 13.3 Å². The van der Waals surface area contributed by atoms with E-state index in [1.54, 1.807) is 18.3 Å². The molecule has 0 aliphatic carbocycles. The maximum Gasteiger partial charge on any atom is 0.147 e. The minimum absolute atomic E-state index is 0.487. The van der Waals surface area contributed by atoms with Gasteiger partial charge in [0.15, 0.2) is 0 Å². The Kier molecular flexibility index (Phi) is 4.21. The number of hydrogen-bond acceptors (Lipinski definition) is 3. The lowest BCUT2D eigenvalue weighted by molar-refractivity contribution is 0.811. The molecule has 1 aromatic heterocycles. The molecule has 0 amide bonds. The fourth-order valence-corrected chi connectivity index (χ4v) is 1.45. The van der Waals surface area contributed by atoms with Gasteiger partial charge in [0.2, 0.25) is 0 Å². The third-order valence-corrected chi connectivity index (χ3v) is 2.21. The summed E-state index contributed by atoms with van der Waals surface area (Å²) in [5.74, 6) is 0.756. The summed E-state index contributed by atoms with van der Waals surface area (Å²) in [6.45, 7) is 3.49. The van der Waals surface area contributed by atoms with Crippen LogP contribution in [0.3, 0.4) is 0 Å². The van der Waals surface area contributed by atoms with Gasteiger partial charge >= 0.3 is 0 Å². The lowest BCUT2D eigenvalue weighted by Gasteiger charge is -2.21. The summed E-state index contributed by atoms with van der Waals surface area (Å²) < 4.78 is 0. The predicted molar refractivity (Wildman–Crippen MR) is 57.4 cm³/mol. The van der Waals surface area contributed by atoms with Crippen LogP contribution >= 0.6 is 11.6 Å². The van der Waals surface area contributed by atoms with E-state index in [-0.39, 0.29) is 0 Å². The van der Waals surface area contributed by atoms with Crippen molar-refractivity contribution in [3.63, 3.8) is 0 Å². The first-order valence-electron chi connectivity index (χ1n) is 4.52. The van der Waals surface area contributed by atoms with E-state index in [2.05, 4.69) is 11.1 Å². The summed E-state index contributed by atoms with van der Waals surface area (Å²) in [5.41, 5.74) is 0. The van der Waals surface area contributed by atoms with E-state index >= 15 is 0 Å². The Bertz CT molecular complexity index is 332. The summed E-state index contributed by atoms with van der Waals surface area (Å²) in [7, 11) is 0. The van der Waals surface area contributed by atoms with Crippen LogP contribution in [0.4, 0.5) is 5.82 Å². The molecule has 1 aromatic rings. The Hall–Kier alpha value is -1.27. The number of nitriles is 1. The third kappa shape index (κ3) is 2.61. The first-order chi connectivity index (χ1) is 6.79. The van der Waals surface area contributed by atoms with Gasteiger partial charge in [-0.3, -0.25) is 0 Å². The molecule has 0 aliphatic rings. The van der Waals surface area contributed by atoms with Crippen molar-refractivity contribution in [1.82, 2.24) is 4.98 Å². The molecule has 0 aliphatic heterocycles. The molecule has 74 valence electrons. The van der Waals surface area contributed by atoms with Crippen LogP contribution in [-0.4, -0.2) is 18.1 Å². The van der Waals surface area contributed by atoms with Gasteiger partial charge in [0.05, 0.1) is 17.5 Å². The topological polar surface area (TPSA) is 39.9 Å². The van der Waals surface area contributed by atoms with Gasteiger partial charge in [-0.2, -0.15) is 5.26 Å². The average Bonchev–Trinajstić information content (AvgIpc) is 2.21. The smallest absolute Gasteiger partial charge is 0.147 e. The SMILES string of the molecule is CCN(CCC#N)c1ncccc1Cl. The van der Waals surface area contributed by atoms with Crippen LogP contribution in [0.1, 0.15) is 13.3 Å².